The summed E-state index contributed by atoms with van der Waals surface area (Å²) in [7, 11) is 0. The summed E-state index contributed by atoms with van der Waals surface area (Å²) in [5.74, 6) is 0. The summed E-state index contributed by atoms with van der Waals surface area (Å²) in [5, 5.41) is 16.1. The second kappa shape index (κ2) is 4.05. The molecule has 0 amide bonds. The molecular weight excluding hydrogens is 96.0 g/mol. The first-order valence-corrected chi connectivity index (χ1v) is 2.29. The largest absolute Gasteiger partial charge is 0.366 e. The summed E-state index contributed by atoms with van der Waals surface area (Å²) in [6, 6.07) is 0. The third kappa shape index (κ3) is 3.72. The molecule has 7 heavy (non-hydrogen) atoms. The summed E-state index contributed by atoms with van der Waals surface area (Å²) < 4.78 is 0. The summed E-state index contributed by atoms with van der Waals surface area (Å²) in [4.78, 5) is 3.55. The topological polar surface area (TPSA) is 49.7 Å². The first-order valence-electron chi connectivity index (χ1n) is 2.29. The lowest BCUT2D eigenvalue weighted by molar-refractivity contribution is -0.335. The van der Waals surface area contributed by atoms with E-state index in [0.717, 1.165) is 6.42 Å². The van der Waals surface area contributed by atoms with Gasteiger partial charge < -0.3 is 5.11 Å². The lowest BCUT2D eigenvalue weighted by Gasteiger charge is -2.00. The zero-order valence-electron chi connectivity index (χ0n) is 4.29. The highest BCUT2D eigenvalue weighted by Gasteiger charge is 1.97. The fourth-order valence-corrected chi connectivity index (χ4v) is 0.300. The number of rotatable bonds is 3. The Morgan fingerprint density at radius 2 is 2.29 bits per heavy atom. The molecule has 0 bridgehead atoms. The van der Waals surface area contributed by atoms with Crippen molar-refractivity contribution in [3.8, 4) is 0 Å². The number of aliphatic hydroxyl groups excluding tert-OH is 1. The summed E-state index contributed by atoms with van der Waals surface area (Å²) >= 11 is 0. The van der Waals surface area contributed by atoms with E-state index in [1.54, 1.807) is 0 Å². The maximum absolute atomic E-state index is 8.39. The van der Waals surface area contributed by atoms with Crippen molar-refractivity contribution in [1.29, 1.82) is 0 Å². The van der Waals surface area contributed by atoms with Crippen molar-refractivity contribution in [3.05, 3.63) is 0 Å². The number of hydrogen-bond donors (Lipinski definition) is 2. The predicted molar refractivity (Wildman–Crippen MR) is 24.6 cm³/mol. The SMILES string of the molecule is CCCC(O)OO. The van der Waals surface area contributed by atoms with Crippen LogP contribution in [-0.4, -0.2) is 16.7 Å². The summed E-state index contributed by atoms with van der Waals surface area (Å²) in [6.45, 7) is 1.89. The van der Waals surface area contributed by atoms with Crippen LogP contribution in [0.15, 0.2) is 0 Å². The third-order valence-electron chi connectivity index (χ3n) is 0.657. The Balaban J connectivity index is 2.83. The Bertz CT molecular complexity index is 37.9. The fourth-order valence-electron chi connectivity index (χ4n) is 0.300. The lowest BCUT2D eigenvalue weighted by atomic mass is 10.3. The van der Waals surface area contributed by atoms with Gasteiger partial charge in [-0.25, -0.2) is 10.1 Å². The van der Waals surface area contributed by atoms with E-state index >= 15 is 0 Å². The van der Waals surface area contributed by atoms with E-state index in [4.69, 9.17) is 10.4 Å². The molecule has 0 spiro atoms. The lowest BCUT2D eigenvalue weighted by Crippen LogP contribution is -2.07. The molecule has 0 aliphatic rings. The molecule has 1 unspecified atom stereocenters. The second-order valence-electron chi connectivity index (χ2n) is 1.35. The smallest absolute Gasteiger partial charge is 0.188 e. The van der Waals surface area contributed by atoms with Crippen molar-refractivity contribution in [2.24, 2.45) is 0 Å². The van der Waals surface area contributed by atoms with Gasteiger partial charge in [0, 0.05) is 6.42 Å². The minimum atomic E-state index is -0.995. The summed E-state index contributed by atoms with van der Waals surface area (Å²) in [5.41, 5.74) is 0. The third-order valence-corrected chi connectivity index (χ3v) is 0.657. The molecule has 0 aliphatic heterocycles. The molecule has 0 aromatic heterocycles. The van der Waals surface area contributed by atoms with Crippen LogP contribution >= 0.6 is 0 Å². The van der Waals surface area contributed by atoms with E-state index in [2.05, 4.69) is 4.89 Å². The van der Waals surface area contributed by atoms with Gasteiger partial charge in [0.05, 0.1) is 0 Å². The van der Waals surface area contributed by atoms with Crippen molar-refractivity contribution in [2.45, 2.75) is 26.1 Å². The average molecular weight is 106 g/mol. The first-order chi connectivity index (χ1) is 3.31. The fraction of sp³-hybridized carbons (Fsp3) is 1.00. The molecule has 0 rings (SSSR count). The zero-order valence-corrected chi connectivity index (χ0v) is 4.29. The molecule has 3 heteroatoms. The van der Waals surface area contributed by atoms with E-state index in [1.807, 2.05) is 6.92 Å². The minimum absolute atomic E-state index is 0.483. The molecule has 44 valence electrons. The van der Waals surface area contributed by atoms with Crippen molar-refractivity contribution in [1.82, 2.24) is 0 Å². The Morgan fingerprint density at radius 1 is 1.71 bits per heavy atom. The van der Waals surface area contributed by atoms with Crippen LogP contribution in [0, 0.1) is 0 Å². The van der Waals surface area contributed by atoms with Crippen LogP contribution in [0.5, 0.6) is 0 Å². The van der Waals surface area contributed by atoms with Crippen LogP contribution in [0.2, 0.25) is 0 Å². The van der Waals surface area contributed by atoms with E-state index in [0.29, 0.717) is 6.42 Å². The molecule has 0 saturated carbocycles. The predicted octanol–water partition coefficient (Wildman–Crippen LogP) is 0.595. The van der Waals surface area contributed by atoms with Crippen LogP contribution in [0.25, 0.3) is 0 Å². The van der Waals surface area contributed by atoms with Gasteiger partial charge in [0.1, 0.15) is 0 Å². The molecule has 0 saturated heterocycles. The van der Waals surface area contributed by atoms with Crippen LogP contribution in [0.1, 0.15) is 19.8 Å². The van der Waals surface area contributed by atoms with Gasteiger partial charge >= 0.3 is 0 Å². The van der Waals surface area contributed by atoms with Crippen LogP contribution in [0.4, 0.5) is 0 Å². The maximum atomic E-state index is 8.39. The molecule has 0 aromatic rings. The van der Waals surface area contributed by atoms with Gasteiger partial charge in [0.25, 0.3) is 0 Å². The normalized spacial score (nSPS) is 14.1. The zero-order chi connectivity index (χ0) is 5.70. The van der Waals surface area contributed by atoms with Crippen LogP contribution in [0.3, 0.4) is 0 Å². The van der Waals surface area contributed by atoms with E-state index < -0.39 is 6.29 Å². The number of hydrogen-bond acceptors (Lipinski definition) is 3. The van der Waals surface area contributed by atoms with Gasteiger partial charge in [0.15, 0.2) is 6.29 Å². The first kappa shape index (κ1) is 6.88. The van der Waals surface area contributed by atoms with E-state index in [9.17, 15) is 0 Å². The quantitative estimate of drug-likeness (QED) is 0.314. The van der Waals surface area contributed by atoms with Gasteiger partial charge in [-0.05, 0) is 0 Å². The van der Waals surface area contributed by atoms with Gasteiger partial charge in [-0.1, -0.05) is 13.3 Å². The molecule has 0 radical (unpaired) electrons. The van der Waals surface area contributed by atoms with Gasteiger partial charge in [-0.15, -0.1) is 0 Å². The molecule has 1 atom stereocenters. The minimum Gasteiger partial charge on any atom is -0.366 e. The monoisotopic (exact) mass is 106 g/mol. The maximum Gasteiger partial charge on any atom is 0.188 e. The van der Waals surface area contributed by atoms with Crippen LogP contribution < -0.4 is 0 Å². The Hall–Kier alpha value is -0.120. The van der Waals surface area contributed by atoms with Crippen LogP contribution in [-0.2, 0) is 4.89 Å². The molecule has 0 fully saturated rings. The molecule has 3 nitrogen and oxygen atoms in total. The second-order valence-corrected chi connectivity index (χ2v) is 1.35. The Labute approximate surface area is 42.5 Å². The standard InChI is InChI=1S/C4H10O3/c1-2-3-4(5)7-6/h4-6H,2-3H2,1H3. The highest BCUT2D eigenvalue weighted by Crippen LogP contribution is 1.93. The highest BCUT2D eigenvalue weighted by molar-refractivity contribution is 4.33. The molecular formula is C4H10O3. The highest BCUT2D eigenvalue weighted by atomic mass is 17.1. The van der Waals surface area contributed by atoms with E-state index in [1.165, 1.54) is 0 Å². The molecule has 0 heterocycles. The summed E-state index contributed by atoms with van der Waals surface area (Å²) in [6.07, 6.45) is 0.295. The average Bonchev–Trinajstić information content (AvgIpc) is 1.68. The van der Waals surface area contributed by atoms with Crippen molar-refractivity contribution in [3.63, 3.8) is 0 Å². The Morgan fingerprint density at radius 3 is 2.43 bits per heavy atom. The van der Waals surface area contributed by atoms with Gasteiger partial charge in [-0.2, -0.15) is 0 Å². The van der Waals surface area contributed by atoms with Gasteiger partial charge in [-0.3, -0.25) is 0 Å². The molecule has 2 N–H and O–H groups in total. The number of aliphatic hydroxyl groups is 1. The van der Waals surface area contributed by atoms with Crippen molar-refractivity contribution in [2.75, 3.05) is 0 Å². The Kier molecular flexibility index (Phi) is 3.98. The van der Waals surface area contributed by atoms with Gasteiger partial charge in [0.2, 0.25) is 0 Å². The molecule has 0 aromatic carbocycles. The van der Waals surface area contributed by atoms with Crippen molar-refractivity contribution >= 4 is 0 Å². The van der Waals surface area contributed by atoms with Crippen molar-refractivity contribution < 1.29 is 15.3 Å². The van der Waals surface area contributed by atoms with E-state index in [-0.39, 0.29) is 0 Å². The molecule has 0 aliphatic carbocycles.